The van der Waals surface area contributed by atoms with Gasteiger partial charge in [0.25, 0.3) is 0 Å². The molecule has 0 amide bonds. The first-order chi connectivity index (χ1) is 7.00. The first-order valence-electron chi connectivity index (χ1n) is 5.48. The molecule has 82 valence electrons. The van der Waals surface area contributed by atoms with E-state index in [1.54, 1.807) is 0 Å². The van der Waals surface area contributed by atoms with Crippen LogP contribution in [0.25, 0.3) is 0 Å². The summed E-state index contributed by atoms with van der Waals surface area (Å²) < 4.78 is 0. The molecule has 0 aliphatic rings. The van der Waals surface area contributed by atoms with Crippen molar-refractivity contribution in [1.82, 2.24) is 0 Å². The molecule has 0 spiro atoms. The second kappa shape index (κ2) is 5.13. The average molecular weight is 203 g/mol. The molecule has 0 aliphatic carbocycles. The third-order valence-electron chi connectivity index (χ3n) is 2.71. The molecule has 15 heavy (non-hydrogen) atoms. The molecule has 0 radical (unpaired) electrons. The zero-order valence-electron chi connectivity index (χ0n) is 10.0. The smallest absolute Gasteiger partial charge is 0.0300 e. The summed E-state index contributed by atoms with van der Waals surface area (Å²) in [7, 11) is 0. The van der Waals surface area contributed by atoms with Crippen LogP contribution in [0.4, 0.5) is 0 Å². The van der Waals surface area contributed by atoms with E-state index >= 15 is 0 Å². The van der Waals surface area contributed by atoms with E-state index in [0.717, 1.165) is 12.8 Å². The molecule has 0 saturated heterocycles. The Balaban J connectivity index is 2.73. The SMILES string of the molecule is C=C(C)CCC(N)c1ccc(C)cc1C. The molecule has 1 rings (SSSR count). The molecule has 0 aliphatic heterocycles. The number of hydrogen-bond acceptors (Lipinski definition) is 1. The average Bonchev–Trinajstić information content (AvgIpc) is 2.14. The van der Waals surface area contributed by atoms with Crippen molar-refractivity contribution >= 4 is 0 Å². The van der Waals surface area contributed by atoms with E-state index in [9.17, 15) is 0 Å². The molecule has 0 heterocycles. The Morgan fingerprint density at radius 2 is 2.07 bits per heavy atom. The molecule has 1 aromatic rings. The van der Waals surface area contributed by atoms with Crippen LogP contribution in [-0.4, -0.2) is 0 Å². The van der Waals surface area contributed by atoms with Crippen molar-refractivity contribution in [2.24, 2.45) is 5.73 Å². The van der Waals surface area contributed by atoms with Gasteiger partial charge in [0.15, 0.2) is 0 Å². The van der Waals surface area contributed by atoms with E-state index in [0.29, 0.717) is 0 Å². The van der Waals surface area contributed by atoms with Crippen LogP contribution in [0.2, 0.25) is 0 Å². The molecular weight excluding hydrogens is 182 g/mol. The quantitative estimate of drug-likeness (QED) is 0.742. The largest absolute Gasteiger partial charge is 0.324 e. The zero-order valence-corrected chi connectivity index (χ0v) is 10.0. The molecule has 1 nitrogen and oxygen atoms in total. The lowest BCUT2D eigenvalue weighted by Crippen LogP contribution is -2.11. The molecule has 1 atom stereocenters. The molecule has 0 saturated carbocycles. The Labute approximate surface area is 93.0 Å². The van der Waals surface area contributed by atoms with Gasteiger partial charge in [0, 0.05) is 6.04 Å². The fourth-order valence-electron chi connectivity index (χ4n) is 1.80. The van der Waals surface area contributed by atoms with E-state index in [-0.39, 0.29) is 6.04 Å². The van der Waals surface area contributed by atoms with Crippen LogP contribution < -0.4 is 5.73 Å². The van der Waals surface area contributed by atoms with Crippen molar-refractivity contribution in [3.8, 4) is 0 Å². The van der Waals surface area contributed by atoms with Gasteiger partial charge in [-0.05, 0) is 44.7 Å². The van der Waals surface area contributed by atoms with Crippen LogP contribution in [0.5, 0.6) is 0 Å². The number of benzene rings is 1. The molecule has 0 bridgehead atoms. The van der Waals surface area contributed by atoms with E-state index in [1.165, 1.54) is 22.3 Å². The fourth-order valence-corrected chi connectivity index (χ4v) is 1.80. The van der Waals surface area contributed by atoms with E-state index < -0.39 is 0 Å². The van der Waals surface area contributed by atoms with Gasteiger partial charge in [-0.2, -0.15) is 0 Å². The first kappa shape index (κ1) is 12.0. The standard InChI is InChI=1S/C14H21N/c1-10(2)5-8-14(15)13-7-6-11(3)9-12(13)4/h6-7,9,14H,1,5,8,15H2,2-4H3. The third-order valence-corrected chi connectivity index (χ3v) is 2.71. The minimum Gasteiger partial charge on any atom is -0.324 e. The highest BCUT2D eigenvalue weighted by molar-refractivity contribution is 5.32. The van der Waals surface area contributed by atoms with Gasteiger partial charge >= 0.3 is 0 Å². The Hall–Kier alpha value is -1.08. The maximum atomic E-state index is 6.15. The van der Waals surface area contributed by atoms with Crippen molar-refractivity contribution in [1.29, 1.82) is 0 Å². The van der Waals surface area contributed by atoms with Crippen molar-refractivity contribution in [3.63, 3.8) is 0 Å². The second-order valence-corrected chi connectivity index (χ2v) is 4.46. The number of hydrogen-bond donors (Lipinski definition) is 1. The molecule has 2 N–H and O–H groups in total. The lowest BCUT2D eigenvalue weighted by atomic mass is 9.96. The van der Waals surface area contributed by atoms with Crippen LogP contribution in [-0.2, 0) is 0 Å². The first-order valence-corrected chi connectivity index (χ1v) is 5.48. The lowest BCUT2D eigenvalue weighted by molar-refractivity contribution is 0.645. The summed E-state index contributed by atoms with van der Waals surface area (Å²) in [4.78, 5) is 0. The van der Waals surface area contributed by atoms with Crippen LogP contribution >= 0.6 is 0 Å². The van der Waals surface area contributed by atoms with Gasteiger partial charge in [0.2, 0.25) is 0 Å². The molecule has 0 fully saturated rings. The predicted octanol–water partition coefficient (Wildman–Crippen LogP) is 3.66. The highest BCUT2D eigenvalue weighted by atomic mass is 14.6. The molecule has 1 heteroatoms. The van der Waals surface area contributed by atoms with Crippen molar-refractivity contribution < 1.29 is 0 Å². The Morgan fingerprint density at radius 3 is 2.60 bits per heavy atom. The monoisotopic (exact) mass is 203 g/mol. The Morgan fingerprint density at radius 1 is 1.40 bits per heavy atom. The van der Waals surface area contributed by atoms with Crippen LogP contribution in [0.1, 0.15) is 42.5 Å². The number of aryl methyl sites for hydroxylation is 2. The fraction of sp³-hybridized carbons (Fsp3) is 0.429. The van der Waals surface area contributed by atoms with Gasteiger partial charge in [0.05, 0.1) is 0 Å². The number of rotatable bonds is 4. The van der Waals surface area contributed by atoms with Gasteiger partial charge in [-0.15, -0.1) is 6.58 Å². The maximum Gasteiger partial charge on any atom is 0.0300 e. The molecular formula is C14H21N. The lowest BCUT2D eigenvalue weighted by Gasteiger charge is -2.15. The van der Waals surface area contributed by atoms with E-state index in [4.69, 9.17) is 5.73 Å². The minimum atomic E-state index is 0.141. The van der Waals surface area contributed by atoms with Crippen molar-refractivity contribution in [2.75, 3.05) is 0 Å². The number of allylic oxidation sites excluding steroid dienone is 1. The highest BCUT2D eigenvalue weighted by Crippen LogP contribution is 2.21. The molecule has 1 aromatic carbocycles. The highest BCUT2D eigenvalue weighted by Gasteiger charge is 2.08. The number of nitrogens with two attached hydrogens (primary N) is 1. The summed E-state index contributed by atoms with van der Waals surface area (Å²) in [6, 6.07) is 6.61. The predicted molar refractivity (Wildman–Crippen MR) is 66.9 cm³/mol. The van der Waals surface area contributed by atoms with Gasteiger partial charge in [0.1, 0.15) is 0 Å². The summed E-state index contributed by atoms with van der Waals surface area (Å²) in [5.41, 5.74) is 11.2. The van der Waals surface area contributed by atoms with Crippen LogP contribution in [0.15, 0.2) is 30.4 Å². The third kappa shape index (κ3) is 3.52. The summed E-state index contributed by atoms with van der Waals surface area (Å²) in [5.74, 6) is 0. The van der Waals surface area contributed by atoms with Gasteiger partial charge in [-0.25, -0.2) is 0 Å². The van der Waals surface area contributed by atoms with Crippen molar-refractivity contribution in [2.45, 2.75) is 39.7 Å². The summed E-state index contributed by atoms with van der Waals surface area (Å²) in [6.45, 7) is 10.2. The van der Waals surface area contributed by atoms with Crippen LogP contribution in [0.3, 0.4) is 0 Å². The van der Waals surface area contributed by atoms with Gasteiger partial charge < -0.3 is 5.73 Å². The summed E-state index contributed by atoms with van der Waals surface area (Å²) in [5, 5.41) is 0. The zero-order chi connectivity index (χ0) is 11.4. The summed E-state index contributed by atoms with van der Waals surface area (Å²) in [6.07, 6.45) is 1.99. The van der Waals surface area contributed by atoms with Crippen LogP contribution in [0, 0.1) is 13.8 Å². The van der Waals surface area contributed by atoms with Crippen molar-refractivity contribution in [3.05, 3.63) is 47.0 Å². The molecule has 1 unspecified atom stereocenters. The van der Waals surface area contributed by atoms with E-state index in [2.05, 4.69) is 45.5 Å². The Kier molecular flexibility index (Phi) is 4.10. The summed E-state index contributed by atoms with van der Waals surface area (Å²) >= 11 is 0. The normalized spacial score (nSPS) is 12.5. The minimum absolute atomic E-state index is 0.141. The maximum absolute atomic E-state index is 6.15. The van der Waals surface area contributed by atoms with E-state index in [1.807, 2.05) is 0 Å². The van der Waals surface area contributed by atoms with Gasteiger partial charge in [-0.3, -0.25) is 0 Å². The molecule has 0 aromatic heterocycles. The van der Waals surface area contributed by atoms with Gasteiger partial charge in [-0.1, -0.05) is 29.3 Å². The Bertz CT molecular complexity index is 352. The topological polar surface area (TPSA) is 26.0 Å². The second-order valence-electron chi connectivity index (χ2n) is 4.46.